The van der Waals surface area contributed by atoms with Crippen molar-refractivity contribution in [2.24, 2.45) is 0 Å². The van der Waals surface area contributed by atoms with Crippen molar-refractivity contribution < 1.29 is 24.9 Å². The van der Waals surface area contributed by atoms with Crippen LogP contribution in [-0.4, -0.2) is 44.7 Å². The number of phenolic OH excluding ortho intramolecular Hbond substituents is 3. The quantitative estimate of drug-likeness (QED) is 0.154. The number of fused-ring (bicyclic) bond motifs is 1. The summed E-state index contributed by atoms with van der Waals surface area (Å²) < 4.78 is 0. The number of aromatic hydroxyl groups is 3. The highest BCUT2D eigenvalue weighted by molar-refractivity contribution is 5.96. The van der Waals surface area contributed by atoms with E-state index in [1.807, 2.05) is 49.5 Å². The van der Waals surface area contributed by atoms with Gasteiger partial charge in [0.15, 0.2) is 11.5 Å². The zero-order valence-corrected chi connectivity index (χ0v) is 20.4. The molecular formula is C29H29N3O5. The van der Waals surface area contributed by atoms with Gasteiger partial charge in [-0.3, -0.25) is 9.59 Å². The number of nitrogens with one attached hydrogen (secondary N) is 3. The number of H-pyrrole nitrogens is 1. The molecule has 1 aromatic heterocycles. The molecule has 0 saturated carbocycles. The molecule has 3 aromatic carbocycles. The van der Waals surface area contributed by atoms with E-state index in [2.05, 4.69) is 15.6 Å². The van der Waals surface area contributed by atoms with E-state index in [9.17, 15) is 24.9 Å². The van der Waals surface area contributed by atoms with E-state index >= 15 is 0 Å². The van der Waals surface area contributed by atoms with E-state index < -0.39 is 11.9 Å². The molecule has 8 nitrogen and oxygen atoms in total. The van der Waals surface area contributed by atoms with Crippen molar-refractivity contribution in [1.82, 2.24) is 15.6 Å². The van der Waals surface area contributed by atoms with Crippen molar-refractivity contribution in [2.45, 2.75) is 25.8 Å². The molecule has 0 aliphatic heterocycles. The summed E-state index contributed by atoms with van der Waals surface area (Å²) in [7, 11) is 0. The van der Waals surface area contributed by atoms with Gasteiger partial charge < -0.3 is 30.9 Å². The largest absolute Gasteiger partial charge is 0.508 e. The first-order chi connectivity index (χ1) is 17.8. The predicted octanol–water partition coefficient (Wildman–Crippen LogP) is 3.69. The first-order valence-electron chi connectivity index (χ1n) is 11.9. The van der Waals surface area contributed by atoms with Crippen LogP contribution in [0.15, 0.2) is 72.9 Å². The minimum Gasteiger partial charge on any atom is -0.508 e. The number of phenols is 3. The minimum atomic E-state index is -0.828. The molecule has 4 rings (SSSR count). The van der Waals surface area contributed by atoms with E-state index in [1.54, 1.807) is 12.1 Å². The number of rotatable bonds is 9. The zero-order valence-electron chi connectivity index (χ0n) is 20.4. The van der Waals surface area contributed by atoms with Crippen LogP contribution in [0.2, 0.25) is 0 Å². The molecule has 1 atom stereocenters. The van der Waals surface area contributed by atoms with E-state index in [0.29, 0.717) is 18.5 Å². The van der Waals surface area contributed by atoms with Crippen LogP contribution in [0.1, 0.15) is 22.3 Å². The second-order valence-electron chi connectivity index (χ2n) is 8.87. The fraction of sp³-hybridized carbons (Fsp3) is 0.172. The summed E-state index contributed by atoms with van der Waals surface area (Å²) >= 11 is 0. The van der Waals surface area contributed by atoms with Gasteiger partial charge in [0.1, 0.15) is 11.8 Å². The topological polar surface area (TPSA) is 135 Å². The number of para-hydroxylation sites is 1. The van der Waals surface area contributed by atoms with Crippen LogP contribution in [0.25, 0.3) is 17.0 Å². The van der Waals surface area contributed by atoms with E-state index in [-0.39, 0.29) is 29.6 Å². The molecule has 0 saturated heterocycles. The first-order valence-corrected chi connectivity index (χ1v) is 11.9. The van der Waals surface area contributed by atoms with Gasteiger partial charge in [-0.15, -0.1) is 0 Å². The average Bonchev–Trinajstić information content (AvgIpc) is 3.29. The van der Waals surface area contributed by atoms with Gasteiger partial charge in [-0.05, 0) is 65.9 Å². The summed E-state index contributed by atoms with van der Waals surface area (Å²) in [5.74, 6) is -1.10. The third-order valence-electron chi connectivity index (χ3n) is 6.13. The smallest absolute Gasteiger partial charge is 0.244 e. The highest BCUT2D eigenvalue weighted by atomic mass is 16.3. The molecular weight excluding hydrogens is 470 g/mol. The maximum Gasteiger partial charge on any atom is 0.244 e. The molecule has 37 heavy (non-hydrogen) atoms. The number of aromatic amines is 1. The van der Waals surface area contributed by atoms with Crippen LogP contribution >= 0.6 is 0 Å². The number of hydrogen-bond acceptors (Lipinski definition) is 5. The molecule has 8 heteroatoms. The van der Waals surface area contributed by atoms with E-state index in [4.69, 9.17) is 0 Å². The summed E-state index contributed by atoms with van der Waals surface area (Å²) in [6.07, 6.45) is 5.47. The van der Waals surface area contributed by atoms with Crippen LogP contribution in [0.3, 0.4) is 0 Å². The number of amides is 2. The van der Waals surface area contributed by atoms with Gasteiger partial charge in [-0.1, -0.05) is 36.4 Å². The first kappa shape index (κ1) is 25.4. The van der Waals surface area contributed by atoms with Gasteiger partial charge >= 0.3 is 0 Å². The Labute approximate surface area is 214 Å². The molecule has 0 aliphatic carbocycles. The van der Waals surface area contributed by atoms with Crippen molar-refractivity contribution in [3.05, 3.63) is 95.2 Å². The van der Waals surface area contributed by atoms with Crippen LogP contribution in [0, 0.1) is 6.92 Å². The van der Waals surface area contributed by atoms with Crippen LogP contribution in [0.5, 0.6) is 17.2 Å². The molecule has 0 fully saturated rings. The van der Waals surface area contributed by atoms with E-state index in [1.165, 1.54) is 24.3 Å². The number of aromatic nitrogens is 1. The Kier molecular flexibility index (Phi) is 7.78. The SMILES string of the molecule is Cc1cc(CCNC(=O)C(Cc2c[nH]c3ccccc23)NC(=O)/C=C/c2ccc(O)c(O)c2)ccc1O. The Hall–Kier alpha value is -4.72. The lowest BCUT2D eigenvalue weighted by Crippen LogP contribution is -2.48. The van der Waals surface area contributed by atoms with Gasteiger partial charge in [-0.25, -0.2) is 0 Å². The molecule has 1 heterocycles. The molecule has 1 unspecified atom stereocenters. The zero-order chi connectivity index (χ0) is 26.4. The number of hydrogen-bond donors (Lipinski definition) is 6. The van der Waals surface area contributed by atoms with E-state index in [0.717, 1.165) is 27.6 Å². The normalized spacial score (nSPS) is 12.0. The van der Waals surface area contributed by atoms with Crippen molar-refractivity contribution >= 4 is 28.8 Å². The summed E-state index contributed by atoms with van der Waals surface area (Å²) in [6.45, 7) is 2.18. The van der Waals surface area contributed by atoms with Gasteiger partial charge in [0.05, 0.1) is 0 Å². The van der Waals surface area contributed by atoms with Gasteiger partial charge in [0.25, 0.3) is 0 Å². The monoisotopic (exact) mass is 499 g/mol. The molecule has 4 aromatic rings. The number of aryl methyl sites for hydroxylation is 1. The third kappa shape index (κ3) is 6.49. The van der Waals surface area contributed by atoms with Crippen molar-refractivity contribution in [1.29, 1.82) is 0 Å². The molecule has 0 spiro atoms. The number of carbonyl (C=O) groups is 2. The van der Waals surface area contributed by atoms with Gasteiger partial charge in [-0.2, -0.15) is 0 Å². The maximum atomic E-state index is 13.1. The molecule has 0 aliphatic rings. The number of carbonyl (C=O) groups excluding carboxylic acids is 2. The van der Waals surface area contributed by atoms with Gasteiger partial charge in [0, 0.05) is 36.1 Å². The average molecular weight is 500 g/mol. The van der Waals surface area contributed by atoms with Crippen LogP contribution in [0.4, 0.5) is 0 Å². The lowest BCUT2D eigenvalue weighted by Gasteiger charge is -2.18. The van der Waals surface area contributed by atoms with Crippen LogP contribution < -0.4 is 10.6 Å². The third-order valence-corrected chi connectivity index (χ3v) is 6.13. The molecule has 190 valence electrons. The standard InChI is InChI=1S/C29H29N3O5/c1-18-14-20(6-9-25(18)33)12-13-30-29(37)24(16-21-17-31-23-5-3-2-4-22(21)23)32-28(36)11-8-19-7-10-26(34)27(35)15-19/h2-11,14-15,17,24,31,33-35H,12-13,16H2,1H3,(H,30,37)(H,32,36)/b11-8+. The fourth-order valence-corrected chi connectivity index (χ4v) is 4.09. The molecule has 6 N–H and O–H groups in total. The van der Waals surface area contributed by atoms with Crippen LogP contribution in [-0.2, 0) is 22.4 Å². The summed E-state index contributed by atoms with van der Waals surface area (Å²) in [6, 6.07) is 16.5. The van der Waals surface area contributed by atoms with Crippen molar-refractivity contribution in [3.8, 4) is 17.2 Å². The molecule has 0 radical (unpaired) electrons. The second-order valence-corrected chi connectivity index (χ2v) is 8.87. The Bertz CT molecular complexity index is 1460. The van der Waals surface area contributed by atoms with Crippen molar-refractivity contribution in [3.63, 3.8) is 0 Å². The molecule has 0 bridgehead atoms. The highest BCUT2D eigenvalue weighted by Gasteiger charge is 2.22. The maximum absolute atomic E-state index is 13.1. The predicted molar refractivity (Wildman–Crippen MR) is 142 cm³/mol. The van der Waals surface area contributed by atoms with Crippen molar-refractivity contribution in [2.75, 3.05) is 6.54 Å². The number of benzene rings is 3. The fourth-order valence-electron chi connectivity index (χ4n) is 4.09. The van der Waals surface area contributed by atoms with Gasteiger partial charge in [0.2, 0.25) is 11.8 Å². The Balaban J connectivity index is 1.46. The summed E-state index contributed by atoms with van der Waals surface area (Å²) in [4.78, 5) is 29.1. The Morgan fingerprint density at radius 3 is 2.54 bits per heavy atom. The Morgan fingerprint density at radius 1 is 0.973 bits per heavy atom. The minimum absolute atomic E-state index is 0.227. The second kappa shape index (κ2) is 11.3. The Morgan fingerprint density at radius 2 is 1.76 bits per heavy atom. The highest BCUT2D eigenvalue weighted by Crippen LogP contribution is 2.25. The lowest BCUT2D eigenvalue weighted by molar-refractivity contribution is -0.127. The summed E-state index contributed by atoms with van der Waals surface area (Å²) in [5, 5.41) is 35.5. The summed E-state index contributed by atoms with van der Waals surface area (Å²) in [5.41, 5.74) is 4.11. The molecule has 2 amide bonds. The lowest BCUT2D eigenvalue weighted by atomic mass is 10.0.